The average molecular weight is 431 g/mol. The van der Waals surface area contributed by atoms with E-state index in [1.165, 1.54) is 16.8 Å². The van der Waals surface area contributed by atoms with Crippen molar-refractivity contribution in [3.63, 3.8) is 0 Å². The standard InChI is InChI=1S/C25H23ClN4O/c1-29-24(15-6-3-2-4-7-15)19-13-17-8-5-9-22(23(19)28-29)30(17)25(31)18-14-21-16(10-11-27-21)12-20(18)26/h2-4,6-7,10-12,14,17,22,27H,5,8-9,13H2,1H3/t17-,22+/m1/s1. The summed E-state index contributed by atoms with van der Waals surface area (Å²) in [6.07, 6.45) is 5.75. The summed E-state index contributed by atoms with van der Waals surface area (Å²) >= 11 is 6.56. The van der Waals surface area contributed by atoms with Crippen LogP contribution in [0, 0.1) is 0 Å². The van der Waals surface area contributed by atoms with Crippen molar-refractivity contribution in [3.05, 3.63) is 76.6 Å². The molecule has 0 spiro atoms. The second-order valence-electron chi connectivity index (χ2n) is 8.62. The number of piperidine rings is 1. The Morgan fingerprint density at radius 3 is 2.84 bits per heavy atom. The maximum absolute atomic E-state index is 13.8. The normalized spacial score (nSPS) is 20.1. The quantitative estimate of drug-likeness (QED) is 0.455. The number of benzene rings is 2. The number of fused-ring (bicyclic) bond motifs is 5. The molecule has 31 heavy (non-hydrogen) atoms. The molecule has 6 heteroatoms. The minimum absolute atomic E-state index is 0.00549. The molecule has 2 aromatic heterocycles. The van der Waals surface area contributed by atoms with E-state index in [1.54, 1.807) is 0 Å². The van der Waals surface area contributed by atoms with Crippen LogP contribution in [0.25, 0.3) is 22.2 Å². The number of hydrogen-bond donors (Lipinski definition) is 1. The molecule has 2 aromatic carbocycles. The summed E-state index contributed by atoms with van der Waals surface area (Å²) in [5.74, 6) is 0.00811. The number of nitrogens with one attached hydrogen (secondary N) is 1. The van der Waals surface area contributed by atoms with Gasteiger partial charge in [-0.2, -0.15) is 5.10 Å². The lowest BCUT2D eigenvalue weighted by Gasteiger charge is -2.45. The highest BCUT2D eigenvalue weighted by Crippen LogP contribution is 2.45. The number of hydrogen-bond acceptors (Lipinski definition) is 2. The molecule has 1 amide bonds. The summed E-state index contributed by atoms with van der Waals surface area (Å²) in [4.78, 5) is 19.0. The smallest absolute Gasteiger partial charge is 0.256 e. The van der Waals surface area contributed by atoms with Crippen molar-refractivity contribution in [2.24, 2.45) is 7.05 Å². The summed E-state index contributed by atoms with van der Waals surface area (Å²) in [6, 6.07) is 16.3. The number of carbonyl (C=O) groups is 1. The van der Waals surface area contributed by atoms with Crippen LogP contribution < -0.4 is 0 Å². The fourth-order valence-electron chi connectivity index (χ4n) is 5.48. The highest BCUT2D eigenvalue weighted by atomic mass is 35.5. The van der Waals surface area contributed by atoms with Crippen LogP contribution in [-0.2, 0) is 13.5 Å². The second kappa shape index (κ2) is 6.99. The van der Waals surface area contributed by atoms with Gasteiger partial charge in [-0.3, -0.25) is 9.48 Å². The maximum atomic E-state index is 13.8. The third-order valence-electron chi connectivity index (χ3n) is 6.83. The average Bonchev–Trinajstić information content (AvgIpc) is 3.36. The van der Waals surface area contributed by atoms with E-state index in [0.29, 0.717) is 10.6 Å². The summed E-state index contributed by atoms with van der Waals surface area (Å²) in [6.45, 7) is 0. The molecule has 4 heterocycles. The summed E-state index contributed by atoms with van der Waals surface area (Å²) < 4.78 is 1.99. The molecule has 1 fully saturated rings. The molecule has 0 aliphatic carbocycles. The van der Waals surface area contributed by atoms with Gasteiger partial charge in [0, 0.05) is 41.3 Å². The van der Waals surface area contributed by atoms with Gasteiger partial charge in [-0.25, -0.2) is 0 Å². The first-order chi connectivity index (χ1) is 15.1. The van der Waals surface area contributed by atoms with Gasteiger partial charge in [0.1, 0.15) is 0 Å². The van der Waals surface area contributed by atoms with Gasteiger partial charge in [0.05, 0.1) is 28.0 Å². The van der Waals surface area contributed by atoms with E-state index < -0.39 is 0 Å². The summed E-state index contributed by atoms with van der Waals surface area (Å²) in [5.41, 5.74) is 6.18. The molecular weight excluding hydrogens is 408 g/mol. The number of carbonyl (C=O) groups excluding carboxylic acids is 1. The van der Waals surface area contributed by atoms with Gasteiger partial charge < -0.3 is 9.88 Å². The van der Waals surface area contributed by atoms with Crippen LogP contribution in [0.2, 0.25) is 5.02 Å². The van der Waals surface area contributed by atoms with Crippen LogP contribution in [-0.4, -0.2) is 31.6 Å². The Balaban J connectivity index is 1.44. The fraction of sp³-hybridized carbons (Fsp3) is 0.280. The predicted molar refractivity (Wildman–Crippen MR) is 122 cm³/mol. The van der Waals surface area contributed by atoms with Gasteiger partial charge in [-0.15, -0.1) is 0 Å². The van der Waals surface area contributed by atoms with Gasteiger partial charge in [0.15, 0.2) is 0 Å². The number of aromatic amines is 1. The van der Waals surface area contributed by atoms with Crippen LogP contribution in [0.3, 0.4) is 0 Å². The Labute approximate surface area is 185 Å². The van der Waals surface area contributed by atoms with Crippen LogP contribution in [0.1, 0.15) is 46.9 Å². The molecule has 2 atom stereocenters. The van der Waals surface area contributed by atoms with E-state index in [-0.39, 0.29) is 18.0 Å². The number of rotatable bonds is 2. The molecule has 0 radical (unpaired) electrons. The highest BCUT2D eigenvalue weighted by molar-refractivity contribution is 6.34. The van der Waals surface area contributed by atoms with E-state index in [4.69, 9.17) is 16.7 Å². The predicted octanol–water partition coefficient (Wildman–Crippen LogP) is 5.51. The second-order valence-corrected chi connectivity index (χ2v) is 9.02. The largest absolute Gasteiger partial charge is 0.361 e. The topological polar surface area (TPSA) is 53.9 Å². The number of amides is 1. The van der Waals surface area contributed by atoms with Gasteiger partial charge in [-0.1, -0.05) is 41.9 Å². The number of H-pyrrole nitrogens is 1. The lowest BCUT2D eigenvalue weighted by atomic mass is 9.81. The Bertz CT molecular complexity index is 1310. The first-order valence-corrected chi connectivity index (χ1v) is 11.2. The van der Waals surface area contributed by atoms with Crippen molar-refractivity contribution in [1.29, 1.82) is 0 Å². The van der Waals surface area contributed by atoms with Crippen LogP contribution >= 0.6 is 11.6 Å². The van der Waals surface area contributed by atoms with E-state index in [1.807, 2.05) is 42.2 Å². The SMILES string of the molecule is Cn1nc2c(c1-c1ccccc1)C[C@H]1CCC[C@@H]2N1C(=O)c1cc2[nH]ccc2cc1Cl. The minimum atomic E-state index is -0.00549. The molecule has 1 N–H and O–H groups in total. The van der Waals surface area contributed by atoms with Crippen molar-refractivity contribution >= 4 is 28.4 Å². The van der Waals surface area contributed by atoms with Crippen LogP contribution in [0.5, 0.6) is 0 Å². The van der Waals surface area contributed by atoms with Gasteiger partial charge in [0.2, 0.25) is 0 Å². The molecule has 4 aromatic rings. The molecule has 0 unspecified atom stereocenters. The minimum Gasteiger partial charge on any atom is -0.361 e. The van der Waals surface area contributed by atoms with E-state index in [2.05, 4.69) is 34.1 Å². The number of nitrogens with zero attached hydrogens (tertiary/aromatic N) is 3. The third-order valence-corrected chi connectivity index (χ3v) is 7.14. The fourth-order valence-corrected chi connectivity index (χ4v) is 5.73. The lowest BCUT2D eigenvalue weighted by molar-refractivity contribution is 0.0392. The Morgan fingerprint density at radius 1 is 1.16 bits per heavy atom. The van der Waals surface area contributed by atoms with Crippen LogP contribution in [0.4, 0.5) is 0 Å². The molecule has 2 bridgehead atoms. The maximum Gasteiger partial charge on any atom is 0.256 e. The van der Waals surface area contributed by atoms with Crippen molar-refractivity contribution in [2.45, 2.75) is 37.8 Å². The van der Waals surface area contributed by atoms with E-state index >= 15 is 0 Å². The zero-order chi connectivity index (χ0) is 21.1. The molecule has 156 valence electrons. The molecule has 2 aliphatic rings. The molecule has 0 saturated carbocycles. The molecular formula is C25H23ClN4O. The van der Waals surface area contributed by atoms with Crippen molar-refractivity contribution in [1.82, 2.24) is 19.7 Å². The van der Waals surface area contributed by atoms with Crippen LogP contribution in [0.15, 0.2) is 54.7 Å². The number of halogens is 1. The van der Waals surface area contributed by atoms with Gasteiger partial charge in [0.25, 0.3) is 5.91 Å². The Hall–Kier alpha value is -3.05. The lowest BCUT2D eigenvalue weighted by Crippen LogP contribution is -2.50. The molecule has 2 aliphatic heterocycles. The highest BCUT2D eigenvalue weighted by Gasteiger charge is 2.43. The molecule has 1 saturated heterocycles. The van der Waals surface area contributed by atoms with Gasteiger partial charge in [-0.05, 0) is 43.9 Å². The zero-order valence-electron chi connectivity index (χ0n) is 17.3. The van der Waals surface area contributed by atoms with Crippen molar-refractivity contribution < 1.29 is 4.79 Å². The molecule has 5 nitrogen and oxygen atoms in total. The first-order valence-electron chi connectivity index (χ1n) is 10.8. The Morgan fingerprint density at radius 2 is 2.00 bits per heavy atom. The third kappa shape index (κ3) is 2.83. The van der Waals surface area contributed by atoms with E-state index in [9.17, 15) is 4.79 Å². The first kappa shape index (κ1) is 18.7. The summed E-state index contributed by atoms with van der Waals surface area (Å²) in [7, 11) is 2.01. The van der Waals surface area contributed by atoms with Crippen molar-refractivity contribution in [3.8, 4) is 11.3 Å². The van der Waals surface area contributed by atoms with Gasteiger partial charge >= 0.3 is 0 Å². The summed E-state index contributed by atoms with van der Waals surface area (Å²) in [5, 5.41) is 6.44. The monoisotopic (exact) mass is 430 g/mol. The number of aryl methyl sites for hydroxylation is 1. The molecule has 6 rings (SSSR count). The zero-order valence-corrected chi connectivity index (χ0v) is 18.1. The van der Waals surface area contributed by atoms with E-state index in [0.717, 1.165) is 42.3 Å². The van der Waals surface area contributed by atoms with Crippen molar-refractivity contribution in [2.75, 3.05) is 0 Å². The Kier molecular flexibility index (Phi) is 4.22. The number of aromatic nitrogens is 3.